The number of nitrogens with zero attached hydrogens (tertiary/aromatic N) is 3. The number of hydrogen-bond acceptors (Lipinski definition) is 4. The normalized spacial score (nSPS) is 12.8. The Bertz CT molecular complexity index is 435. The highest BCUT2D eigenvalue weighted by atomic mass is 32.1. The predicted molar refractivity (Wildman–Crippen MR) is 70.2 cm³/mol. The van der Waals surface area contributed by atoms with Gasteiger partial charge in [-0.25, -0.2) is 9.97 Å². The van der Waals surface area contributed by atoms with Crippen molar-refractivity contribution in [3.05, 3.63) is 34.8 Å². The third-order valence-corrected chi connectivity index (χ3v) is 3.55. The molecule has 1 unspecified atom stereocenters. The summed E-state index contributed by atoms with van der Waals surface area (Å²) in [5.41, 5.74) is 0. The van der Waals surface area contributed by atoms with Crippen molar-refractivity contribution in [2.45, 2.75) is 32.9 Å². The molecule has 4 nitrogen and oxygen atoms in total. The van der Waals surface area contributed by atoms with E-state index < -0.39 is 0 Å². The van der Waals surface area contributed by atoms with E-state index in [1.165, 1.54) is 5.01 Å². The van der Waals surface area contributed by atoms with Crippen LogP contribution in [0, 0.1) is 6.92 Å². The lowest BCUT2D eigenvalue weighted by Gasteiger charge is -2.14. The molecule has 17 heavy (non-hydrogen) atoms. The maximum absolute atomic E-state index is 4.27. The minimum atomic E-state index is 0.447. The molecule has 0 saturated carbocycles. The Morgan fingerprint density at radius 3 is 2.94 bits per heavy atom. The summed E-state index contributed by atoms with van der Waals surface area (Å²) in [6, 6.07) is 0.447. The van der Waals surface area contributed by atoms with Crippen LogP contribution in [0.15, 0.2) is 24.0 Å². The average molecular weight is 250 g/mol. The van der Waals surface area contributed by atoms with Gasteiger partial charge in [-0.15, -0.1) is 11.3 Å². The van der Waals surface area contributed by atoms with Crippen LogP contribution in [0.4, 0.5) is 0 Å². The Morgan fingerprint density at radius 2 is 2.29 bits per heavy atom. The number of hydrogen-bond donors (Lipinski definition) is 1. The molecule has 92 valence electrons. The number of thiazole rings is 1. The van der Waals surface area contributed by atoms with Crippen molar-refractivity contribution in [3.8, 4) is 0 Å². The van der Waals surface area contributed by atoms with E-state index in [4.69, 9.17) is 0 Å². The van der Waals surface area contributed by atoms with Crippen LogP contribution in [0.1, 0.15) is 17.8 Å². The Morgan fingerprint density at radius 1 is 1.41 bits per heavy atom. The van der Waals surface area contributed by atoms with Crippen LogP contribution in [-0.4, -0.2) is 27.1 Å². The maximum atomic E-state index is 4.27. The van der Waals surface area contributed by atoms with Gasteiger partial charge in [0.15, 0.2) is 0 Å². The first-order chi connectivity index (χ1) is 8.25. The first-order valence-corrected chi connectivity index (χ1v) is 6.73. The third kappa shape index (κ3) is 3.64. The fraction of sp³-hybridized carbons (Fsp3) is 0.500. The zero-order chi connectivity index (χ0) is 12.1. The van der Waals surface area contributed by atoms with Gasteiger partial charge in [0.2, 0.25) is 0 Å². The van der Waals surface area contributed by atoms with Crippen molar-refractivity contribution < 1.29 is 0 Å². The Kier molecular flexibility index (Phi) is 4.28. The van der Waals surface area contributed by atoms with Gasteiger partial charge in [-0.05, 0) is 13.8 Å². The average Bonchev–Trinajstić information content (AvgIpc) is 2.92. The van der Waals surface area contributed by atoms with Crippen LogP contribution in [0.25, 0.3) is 0 Å². The second-order valence-corrected chi connectivity index (χ2v) is 5.14. The van der Waals surface area contributed by atoms with E-state index in [1.807, 2.05) is 30.9 Å². The van der Waals surface area contributed by atoms with Gasteiger partial charge in [-0.2, -0.15) is 0 Å². The topological polar surface area (TPSA) is 42.7 Å². The third-order valence-electron chi connectivity index (χ3n) is 2.71. The Hall–Kier alpha value is -1.20. The van der Waals surface area contributed by atoms with Gasteiger partial charge in [0.1, 0.15) is 5.82 Å². The van der Waals surface area contributed by atoms with E-state index in [0.29, 0.717) is 6.04 Å². The van der Waals surface area contributed by atoms with E-state index in [1.54, 1.807) is 11.3 Å². The quantitative estimate of drug-likeness (QED) is 0.851. The highest BCUT2D eigenvalue weighted by molar-refractivity contribution is 7.09. The minimum Gasteiger partial charge on any atom is -0.334 e. The lowest BCUT2D eigenvalue weighted by molar-refractivity contribution is 0.474. The Balaban J connectivity index is 1.71. The summed E-state index contributed by atoms with van der Waals surface area (Å²) in [5.74, 6) is 1.07. The number of aromatic nitrogens is 3. The van der Waals surface area contributed by atoms with Crippen LogP contribution in [0.3, 0.4) is 0 Å². The summed E-state index contributed by atoms with van der Waals surface area (Å²) < 4.78 is 2.17. The van der Waals surface area contributed by atoms with Crippen molar-refractivity contribution in [1.29, 1.82) is 0 Å². The molecule has 0 aromatic carbocycles. The van der Waals surface area contributed by atoms with Crippen molar-refractivity contribution in [2.24, 2.45) is 0 Å². The zero-order valence-electron chi connectivity index (χ0n) is 10.3. The van der Waals surface area contributed by atoms with Crippen LogP contribution in [0.5, 0.6) is 0 Å². The lowest BCUT2D eigenvalue weighted by Crippen LogP contribution is -2.32. The predicted octanol–water partition coefficient (Wildman–Crippen LogP) is 1.87. The fourth-order valence-electron chi connectivity index (χ4n) is 1.76. The monoisotopic (exact) mass is 250 g/mol. The molecule has 0 amide bonds. The molecule has 1 N–H and O–H groups in total. The molecular weight excluding hydrogens is 232 g/mol. The molecule has 0 fully saturated rings. The molecule has 0 radical (unpaired) electrons. The molecule has 0 aliphatic rings. The van der Waals surface area contributed by atoms with E-state index in [-0.39, 0.29) is 0 Å². The minimum absolute atomic E-state index is 0.447. The second-order valence-electron chi connectivity index (χ2n) is 4.16. The molecule has 0 bridgehead atoms. The maximum Gasteiger partial charge on any atom is 0.105 e. The van der Waals surface area contributed by atoms with Gasteiger partial charge in [-0.3, -0.25) is 0 Å². The molecule has 2 heterocycles. The van der Waals surface area contributed by atoms with E-state index in [2.05, 4.69) is 26.8 Å². The van der Waals surface area contributed by atoms with Gasteiger partial charge in [0.05, 0.1) is 5.01 Å². The second kappa shape index (κ2) is 5.93. The molecule has 2 aromatic rings. The van der Waals surface area contributed by atoms with Crippen LogP contribution >= 0.6 is 11.3 Å². The van der Waals surface area contributed by atoms with Crippen molar-refractivity contribution in [3.63, 3.8) is 0 Å². The molecule has 0 aliphatic carbocycles. The van der Waals surface area contributed by atoms with Crippen LogP contribution in [-0.2, 0) is 13.0 Å². The Labute approximate surface area is 106 Å². The number of imidazole rings is 1. The van der Waals surface area contributed by atoms with Crippen molar-refractivity contribution in [2.75, 3.05) is 6.54 Å². The van der Waals surface area contributed by atoms with Gasteiger partial charge in [-0.1, -0.05) is 0 Å². The van der Waals surface area contributed by atoms with Crippen molar-refractivity contribution >= 4 is 11.3 Å². The molecule has 5 heteroatoms. The van der Waals surface area contributed by atoms with E-state index in [9.17, 15) is 0 Å². The number of nitrogens with one attached hydrogen (secondary N) is 1. The zero-order valence-corrected chi connectivity index (χ0v) is 11.1. The van der Waals surface area contributed by atoms with Crippen LogP contribution in [0.2, 0.25) is 0 Å². The molecule has 0 aliphatic heterocycles. The first kappa shape index (κ1) is 12.3. The van der Waals surface area contributed by atoms with Gasteiger partial charge >= 0.3 is 0 Å². The smallest absolute Gasteiger partial charge is 0.105 e. The fourth-order valence-corrected chi connectivity index (χ4v) is 2.38. The molecule has 0 spiro atoms. The summed E-state index contributed by atoms with van der Waals surface area (Å²) >= 11 is 1.72. The van der Waals surface area contributed by atoms with E-state index in [0.717, 1.165) is 25.3 Å². The lowest BCUT2D eigenvalue weighted by atomic mass is 10.3. The summed E-state index contributed by atoms with van der Waals surface area (Å²) in [7, 11) is 0. The van der Waals surface area contributed by atoms with E-state index >= 15 is 0 Å². The summed E-state index contributed by atoms with van der Waals surface area (Å²) in [4.78, 5) is 8.48. The van der Waals surface area contributed by atoms with Gasteiger partial charge in [0.25, 0.3) is 0 Å². The number of aryl methyl sites for hydroxylation is 1. The molecule has 2 rings (SSSR count). The summed E-state index contributed by atoms with van der Waals surface area (Å²) in [6.07, 6.45) is 6.73. The number of rotatable bonds is 6. The molecule has 0 saturated heterocycles. The molecular formula is C12H18N4S. The molecule has 2 aromatic heterocycles. The van der Waals surface area contributed by atoms with Gasteiger partial charge in [0, 0.05) is 49.5 Å². The SMILES string of the molecule is Cc1nccn1CC(C)NCCc1nccs1. The van der Waals surface area contributed by atoms with Gasteiger partial charge < -0.3 is 9.88 Å². The largest absolute Gasteiger partial charge is 0.334 e. The van der Waals surface area contributed by atoms with Crippen molar-refractivity contribution in [1.82, 2.24) is 19.9 Å². The first-order valence-electron chi connectivity index (χ1n) is 5.85. The highest BCUT2D eigenvalue weighted by Crippen LogP contribution is 2.04. The van der Waals surface area contributed by atoms with Crippen LogP contribution < -0.4 is 5.32 Å². The standard InChI is InChI=1S/C12H18N4S/c1-10(9-16-7-5-14-11(16)2)13-4-3-12-15-6-8-17-12/h5-8,10,13H,3-4,9H2,1-2H3. The highest BCUT2D eigenvalue weighted by Gasteiger charge is 2.04. The summed E-state index contributed by atoms with van der Waals surface area (Å²) in [5, 5.41) is 6.72. The molecule has 1 atom stereocenters. The summed E-state index contributed by atoms with van der Waals surface area (Å²) in [6.45, 7) is 6.16.